The highest BCUT2D eigenvalue weighted by Crippen LogP contribution is 2.33. The average molecular weight is 384 g/mol. The minimum atomic E-state index is 0.330. The minimum absolute atomic E-state index is 0.330. The van der Waals surface area contributed by atoms with E-state index in [0.717, 1.165) is 11.0 Å². The van der Waals surface area contributed by atoms with Crippen molar-refractivity contribution in [3.63, 3.8) is 0 Å². The predicted molar refractivity (Wildman–Crippen MR) is 85.9 cm³/mol. The molecule has 0 amide bonds. The van der Waals surface area contributed by atoms with Gasteiger partial charge in [0, 0.05) is 17.8 Å². The molecule has 2 heterocycles. The van der Waals surface area contributed by atoms with Crippen molar-refractivity contribution in [1.29, 1.82) is 0 Å². The summed E-state index contributed by atoms with van der Waals surface area (Å²) >= 11 is 9.47. The Bertz CT molecular complexity index is 815. The normalized spacial score (nSPS) is 10.9. The molecule has 6 nitrogen and oxygen atoms in total. The number of aryl methyl sites for hydroxylation is 1. The van der Waals surface area contributed by atoms with E-state index in [1.165, 1.54) is 0 Å². The van der Waals surface area contributed by atoms with Gasteiger partial charge in [-0.2, -0.15) is 10.1 Å². The Morgan fingerprint density at radius 2 is 2.23 bits per heavy atom. The van der Waals surface area contributed by atoms with Gasteiger partial charge in [-0.25, -0.2) is 0 Å². The number of hydrogen-bond acceptors (Lipinski definition) is 5. The fraction of sp³-hybridized carbons (Fsp3) is 0.214. The number of hydrogen-bond donors (Lipinski definition) is 0. The molecule has 3 rings (SSSR count). The molecule has 22 heavy (non-hydrogen) atoms. The van der Waals surface area contributed by atoms with Gasteiger partial charge in [0.15, 0.2) is 5.69 Å². The lowest BCUT2D eigenvalue weighted by molar-refractivity contribution is 0.413. The van der Waals surface area contributed by atoms with Gasteiger partial charge in [0.1, 0.15) is 5.75 Å². The van der Waals surface area contributed by atoms with Crippen LogP contribution in [0.25, 0.3) is 23.0 Å². The lowest BCUT2D eigenvalue weighted by atomic mass is 10.2. The van der Waals surface area contributed by atoms with Crippen molar-refractivity contribution in [2.75, 3.05) is 7.11 Å². The summed E-state index contributed by atoms with van der Waals surface area (Å²) in [7, 11) is 1.58. The van der Waals surface area contributed by atoms with Crippen LogP contribution in [0.15, 0.2) is 33.4 Å². The van der Waals surface area contributed by atoms with E-state index >= 15 is 0 Å². The molecule has 0 atom stereocenters. The first kappa shape index (κ1) is 15.1. The quantitative estimate of drug-likeness (QED) is 0.680. The maximum Gasteiger partial charge on any atom is 0.279 e. The molecule has 0 saturated heterocycles. The maximum atomic E-state index is 6.03. The molecule has 0 aliphatic rings. The molecule has 0 N–H and O–H groups in total. The summed E-state index contributed by atoms with van der Waals surface area (Å²) in [6, 6.07) is 5.23. The molecule has 0 aliphatic heterocycles. The van der Waals surface area contributed by atoms with Crippen LogP contribution in [0.2, 0.25) is 5.02 Å². The van der Waals surface area contributed by atoms with Crippen molar-refractivity contribution in [3.05, 3.63) is 33.9 Å². The SMILES string of the molecule is CCn1cc(Br)c(-c2nc(-c3cc(Cl)ccc3OC)no2)n1. The number of benzene rings is 1. The van der Waals surface area contributed by atoms with Crippen LogP contribution in [0.3, 0.4) is 0 Å². The Labute approximate surface area is 140 Å². The molecular weight excluding hydrogens is 372 g/mol. The van der Waals surface area contributed by atoms with E-state index in [4.69, 9.17) is 20.9 Å². The Morgan fingerprint density at radius 1 is 1.41 bits per heavy atom. The van der Waals surface area contributed by atoms with Gasteiger partial charge in [0.05, 0.1) is 17.1 Å². The van der Waals surface area contributed by atoms with Crippen LogP contribution in [0.5, 0.6) is 5.75 Å². The number of halogens is 2. The van der Waals surface area contributed by atoms with E-state index < -0.39 is 0 Å². The highest BCUT2D eigenvalue weighted by Gasteiger charge is 2.19. The molecule has 3 aromatic rings. The average Bonchev–Trinajstić information content (AvgIpc) is 3.13. The molecule has 0 unspecified atom stereocenters. The third kappa shape index (κ3) is 2.74. The van der Waals surface area contributed by atoms with Crippen molar-refractivity contribution in [2.45, 2.75) is 13.5 Å². The van der Waals surface area contributed by atoms with E-state index in [9.17, 15) is 0 Å². The molecule has 2 aromatic heterocycles. The molecule has 0 spiro atoms. The first-order valence-corrected chi connectivity index (χ1v) is 7.70. The monoisotopic (exact) mass is 382 g/mol. The van der Waals surface area contributed by atoms with Crippen LogP contribution in [-0.4, -0.2) is 27.0 Å². The highest BCUT2D eigenvalue weighted by atomic mass is 79.9. The van der Waals surface area contributed by atoms with Gasteiger partial charge in [0.2, 0.25) is 5.82 Å². The van der Waals surface area contributed by atoms with Gasteiger partial charge < -0.3 is 9.26 Å². The Morgan fingerprint density at radius 3 is 2.91 bits per heavy atom. The van der Waals surface area contributed by atoms with E-state index in [0.29, 0.717) is 33.7 Å². The summed E-state index contributed by atoms with van der Waals surface area (Å²) in [6.07, 6.45) is 1.86. The third-order valence-corrected chi connectivity index (χ3v) is 3.89. The molecule has 0 aliphatic carbocycles. The van der Waals surface area contributed by atoms with Crippen molar-refractivity contribution in [2.24, 2.45) is 0 Å². The number of aromatic nitrogens is 4. The van der Waals surface area contributed by atoms with Crippen LogP contribution in [0.1, 0.15) is 6.92 Å². The van der Waals surface area contributed by atoms with E-state index in [1.54, 1.807) is 30.0 Å². The Balaban J connectivity index is 2.04. The summed E-state index contributed by atoms with van der Waals surface area (Å²) in [5, 5.41) is 8.94. The second-order valence-corrected chi connectivity index (χ2v) is 5.74. The molecule has 0 saturated carbocycles. The van der Waals surface area contributed by atoms with Gasteiger partial charge in [-0.3, -0.25) is 4.68 Å². The van der Waals surface area contributed by atoms with Crippen molar-refractivity contribution in [1.82, 2.24) is 19.9 Å². The van der Waals surface area contributed by atoms with E-state index in [2.05, 4.69) is 31.2 Å². The van der Waals surface area contributed by atoms with Crippen LogP contribution >= 0.6 is 27.5 Å². The van der Waals surface area contributed by atoms with Crippen LogP contribution in [-0.2, 0) is 6.54 Å². The van der Waals surface area contributed by atoms with Gasteiger partial charge in [0.25, 0.3) is 5.89 Å². The topological polar surface area (TPSA) is 66.0 Å². The largest absolute Gasteiger partial charge is 0.496 e. The molecule has 8 heteroatoms. The van der Waals surface area contributed by atoms with Crippen molar-refractivity contribution < 1.29 is 9.26 Å². The fourth-order valence-electron chi connectivity index (χ4n) is 1.99. The summed E-state index contributed by atoms with van der Waals surface area (Å²) < 4.78 is 13.2. The first-order valence-electron chi connectivity index (χ1n) is 6.53. The van der Waals surface area contributed by atoms with Gasteiger partial charge in [-0.1, -0.05) is 16.8 Å². The van der Waals surface area contributed by atoms with Crippen LogP contribution < -0.4 is 4.74 Å². The molecule has 114 valence electrons. The first-order chi connectivity index (χ1) is 10.6. The lowest BCUT2D eigenvalue weighted by Crippen LogP contribution is -1.94. The van der Waals surface area contributed by atoms with Crippen LogP contribution in [0, 0.1) is 0 Å². The molecule has 0 radical (unpaired) electrons. The number of rotatable bonds is 4. The molecule has 0 fully saturated rings. The van der Waals surface area contributed by atoms with Gasteiger partial charge in [-0.05, 0) is 41.1 Å². The molecule has 1 aromatic carbocycles. The van der Waals surface area contributed by atoms with Crippen molar-refractivity contribution in [3.8, 4) is 28.7 Å². The fourth-order valence-corrected chi connectivity index (χ4v) is 2.65. The summed E-state index contributed by atoms with van der Waals surface area (Å²) in [5.74, 6) is 1.35. The molecular formula is C14H12BrClN4O2. The zero-order chi connectivity index (χ0) is 15.7. The highest BCUT2D eigenvalue weighted by molar-refractivity contribution is 9.10. The summed E-state index contributed by atoms with van der Waals surface area (Å²) in [5.41, 5.74) is 1.26. The van der Waals surface area contributed by atoms with Crippen LogP contribution in [0.4, 0.5) is 0 Å². The Kier molecular flexibility index (Phi) is 4.17. The summed E-state index contributed by atoms with van der Waals surface area (Å²) in [6.45, 7) is 2.75. The minimum Gasteiger partial charge on any atom is -0.496 e. The zero-order valence-electron chi connectivity index (χ0n) is 11.9. The van der Waals surface area contributed by atoms with E-state index in [1.807, 2.05) is 13.1 Å². The number of nitrogens with zero attached hydrogens (tertiary/aromatic N) is 4. The lowest BCUT2D eigenvalue weighted by Gasteiger charge is -2.04. The molecule has 0 bridgehead atoms. The standard InChI is InChI=1S/C14H12BrClN4O2/c1-3-20-7-10(15)12(18-20)14-17-13(19-22-14)9-6-8(16)4-5-11(9)21-2/h4-7H,3H2,1-2H3. The van der Waals surface area contributed by atoms with E-state index in [-0.39, 0.29) is 0 Å². The predicted octanol–water partition coefficient (Wildman–Crippen LogP) is 4.04. The maximum absolute atomic E-state index is 6.03. The van der Waals surface area contributed by atoms with Crippen molar-refractivity contribution >= 4 is 27.5 Å². The summed E-state index contributed by atoms with van der Waals surface area (Å²) in [4.78, 5) is 4.39. The van der Waals surface area contributed by atoms with Gasteiger partial charge >= 0.3 is 0 Å². The van der Waals surface area contributed by atoms with Gasteiger partial charge in [-0.15, -0.1) is 0 Å². The second kappa shape index (κ2) is 6.10. The number of ether oxygens (including phenoxy) is 1. The zero-order valence-corrected chi connectivity index (χ0v) is 14.2. The Hall–Kier alpha value is -1.86. The second-order valence-electron chi connectivity index (χ2n) is 4.45. The smallest absolute Gasteiger partial charge is 0.279 e. The third-order valence-electron chi connectivity index (χ3n) is 3.07. The number of methoxy groups -OCH3 is 1.